The molecule has 0 spiro atoms. The molecule has 1 atom stereocenters. The molecule has 2 N–H and O–H groups in total. The quantitative estimate of drug-likeness (QED) is 0.784. The van der Waals surface area contributed by atoms with Crippen molar-refractivity contribution in [1.29, 1.82) is 0 Å². The molecule has 1 saturated heterocycles. The van der Waals surface area contributed by atoms with Gasteiger partial charge >= 0.3 is 0 Å². The van der Waals surface area contributed by atoms with Gasteiger partial charge in [-0.3, -0.25) is 9.89 Å². The van der Waals surface area contributed by atoms with Crippen molar-refractivity contribution in [1.82, 2.24) is 19.8 Å². The predicted octanol–water partition coefficient (Wildman–Crippen LogP) is 1.14. The summed E-state index contributed by atoms with van der Waals surface area (Å²) in [5, 5.41) is 6.47. The number of ether oxygens (including phenoxy) is 1. The van der Waals surface area contributed by atoms with Crippen molar-refractivity contribution in [2.45, 2.75) is 30.4 Å². The van der Waals surface area contributed by atoms with E-state index in [2.05, 4.69) is 14.9 Å². The zero-order valence-corrected chi connectivity index (χ0v) is 15.3. The predicted molar refractivity (Wildman–Crippen MR) is 95.0 cm³/mol. The van der Waals surface area contributed by atoms with Gasteiger partial charge in [-0.2, -0.15) is 5.10 Å². The zero-order valence-electron chi connectivity index (χ0n) is 14.5. The van der Waals surface area contributed by atoms with Crippen molar-refractivity contribution in [2.24, 2.45) is 0 Å². The van der Waals surface area contributed by atoms with Crippen LogP contribution in [0, 0.1) is 0 Å². The molecule has 0 radical (unpaired) electrons. The number of H-pyrrole nitrogens is 1. The van der Waals surface area contributed by atoms with Crippen LogP contribution in [0.15, 0.2) is 41.4 Å². The average Bonchev–Trinajstić information content (AvgIpc) is 3.20. The highest BCUT2D eigenvalue weighted by Gasteiger charge is 2.25. The summed E-state index contributed by atoms with van der Waals surface area (Å²) in [6.07, 6.45) is 3.37. The molecule has 1 aliphatic heterocycles. The topological polar surface area (TPSA) is 104 Å². The highest BCUT2D eigenvalue weighted by atomic mass is 32.2. The Morgan fingerprint density at radius 1 is 1.42 bits per heavy atom. The van der Waals surface area contributed by atoms with Crippen molar-refractivity contribution in [2.75, 3.05) is 20.2 Å². The normalized spacial score (nSPS) is 18.0. The van der Waals surface area contributed by atoms with Crippen molar-refractivity contribution in [3.05, 3.63) is 47.8 Å². The van der Waals surface area contributed by atoms with Crippen LogP contribution in [-0.4, -0.2) is 55.7 Å². The van der Waals surface area contributed by atoms with E-state index in [1.165, 1.54) is 12.1 Å². The summed E-state index contributed by atoms with van der Waals surface area (Å²) in [5.41, 5.74) is 1.01. The number of carbonyl (C=O) groups excluding carboxylic acids is 1. The molecule has 3 rings (SSSR count). The molecule has 1 aromatic carbocycles. The first-order chi connectivity index (χ1) is 12.5. The lowest BCUT2D eigenvalue weighted by Crippen LogP contribution is -2.42. The van der Waals surface area contributed by atoms with Crippen molar-refractivity contribution < 1.29 is 17.9 Å². The van der Waals surface area contributed by atoms with E-state index < -0.39 is 10.0 Å². The van der Waals surface area contributed by atoms with Crippen LogP contribution in [-0.2, 0) is 21.3 Å². The average molecular weight is 378 g/mol. The lowest BCUT2D eigenvalue weighted by Gasteiger charge is -2.32. The first-order valence-corrected chi connectivity index (χ1v) is 9.88. The van der Waals surface area contributed by atoms with Gasteiger partial charge in [-0.05, 0) is 37.1 Å². The maximum atomic E-state index is 12.7. The van der Waals surface area contributed by atoms with Gasteiger partial charge in [0.25, 0.3) is 5.91 Å². The number of likely N-dealkylation sites (tertiary alicyclic amines) is 1. The number of methoxy groups -OCH3 is 1. The Bertz CT molecular complexity index is 851. The van der Waals surface area contributed by atoms with Crippen LogP contribution < -0.4 is 4.72 Å². The molecule has 26 heavy (non-hydrogen) atoms. The van der Waals surface area contributed by atoms with E-state index in [9.17, 15) is 13.2 Å². The summed E-state index contributed by atoms with van der Waals surface area (Å²) < 4.78 is 32.8. The first kappa shape index (κ1) is 18.6. The summed E-state index contributed by atoms with van der Waals surface area (Å²) in [6, 6.07) is 7.78. The lowest BCUT2D eigenvalue weighted by atomic mass is 10.1. The SMILES string of the molecule is CO[C@H]1CCCN(C(=O)c2cccc(S(=O)(=O)NCc3ccn[nH]3)c2)C1. The van der Waals surface area contributed by atoms with Gasteiger partial charge in [-0.25, -0.2) is 13.1 Å². The third-order valence-electron chi connectivity index (χ3n) is 4.40. The van der Waals surface area contributed by atoms with E-state index in [-0.39, 0.29) is 23.5 Å². The van der Waals surface area contributed by atoms with E-state index in [0.717, 1.165) is 12.8 Å². The number of rotatable bonds is 6. The van der Waals surface area contributed by atoms with Crippen LogP contribution in [0.2, 0.25) is 0 Å². The maximum Gasteiger partial charge on any atom is 0.253 e. The lowest BCUT2D eigenvalue weighted by molar-refractivity contribution is 0.0269. The molecule has 9 heteroatoms. The molecule has 0 saturated carbocycles. The van der Waals surface area contributed by atoms with Gasteiger partial charge in [0.05, 0.1) is 23.2 Å². The van der Waals surface area contributed by atoms with Crippen LogP contribution in [0.25, 0.3) is 0 Å². The minimum absolute atomic E-state index is 0.0238. The Kier molecular flexibility index (Phi) is 5.70. The van der Waals surface area contributed by atoms with Crippen molar-refractivity contribution in [3.8, 4) is 0 Å². The number of piperidine rings is 1. The molecule has 140 valence electrons. The maximum absolute atomic E-state index is 12.7. The number of hydrogen-bond donors (Lipinski definition) is 2. The van der Waals surface area contributed by atoms with Crippen molar-refractivity contribution >= 4 is 15.9 Å². The number of nitrogens with one attached hydrogen (secondary N) is 2. The fraction of sp³-hybridized carbons (Fsp3) is 0.412. The third-order valence-corrected chi connectivity index (χ3v) is 5.80. The van der Waals surface area contributed by atoms with E-state index in [1.54, 1.807) is 36.4 Å². The van der Waals surface area contributed by atoms with Gasteiger partial charge in [0.2, 0.25) is 10.0 Å². The fourth-order valence-electron chi connectivity index (χ4n) is 2.93. The minimum atomic E-state index is -3.73. The Hall–Kier alpha value is -2.23. The second-order valence-electron chi connectivity index (χ2n) is 6.19. The molecule has 0 bridgehead atoms. The Morgan fingerprint density at radius 3 is 3.00 bits per heavy atom. The van der Waals surface area contributed by atoms with Gasteiger partial charge in [0.15, 0.2) is 0 Å². The molecule has 1 fully saturated rings. The molecule has 1 aromatic heterocycles. The second-order valence-corrected chi connectivity index (χ2v) is 7.95. The molecular weight excluding hydrogens is 356 g/mol. The van der Waals surface area contributed by atoms with Crippen LogP contribution in [0.3, 0.4) is 0 Å². The largest absolute Gasteiger partial charge is 0.380 e. The summed E-state index contributed by atoms with van der Waals surface area (Å²) in [4.78, 5) is 14.5. The number of hydrogen-bond acceptors (Lipinski definition) is 5. The number of carbonyl (C=O) groups is 1. The summed E-state index contributed by atoms with van der Waals surface area (Å²) in [6.45, 7) is 1.26. The van der Waals surface area contributed by atoms with Gasteiger partial charge < -0.3 is 9.64 Å². The molecule has 0 aliphatic carbocycles. The number of benzene rings is 1. The number of nitrogens with zero attached hydrogens (tertiary/aromatic N) is 2. The number of amides is 1. The zero-order chi connectivity index (χ0) is 18.6. The van der Waals surface area contributed by atoms with Crippen LogP contribution in [0.5, 0.6) is 0 Å². The number of aromatic nitrogens is 2. The standard InChI is InChI=1S/C17H22N4O4S/c1-25-15-5-3-9-21(12-15)17(22)13-4-2-6-16(10-13)26(23,24)19-11-14-7-8-18-20-14/h2,4,6-8,10,15,19H,3,5,9,11-12H2,1H3,(H,18,20)/t15-/m0/s1. The Morgan fingerprint density at radius 2 is 2.27 bits per heavy atom. The Labute approximate surface area is 152 Å². The third kappa shape index (κ3) is 4.29. The van der Waals surface area contributed by atoms with E-state index in [4.69, 9.17) is 4.74 Å². The number of aromatic amines is 1. The van der Waals surface area contributed by atoms with Gasteiger partial charge in [0, 0.05) is 32.0 Å². The van der Waals surface area contributed by atoms with E-state index in [0.29, 0.717) is 24.3 Å². The van der Waals surface area contributed by atoms with Gasteiger partial charge in [-0.15, -0.1) is 0 Å². The molecular formula is C17H22N4O4S. The molecule has 2 aromatic rings. The van der Waals surface area contributed by atoms with Crippen molar-refractivity contribution in [3.63, 3.8) is 0 Å². The highest BCUT2D eigenvalue weighted by molar-refractivity contribution is 7.89. The smallest absolute Gasteiger partial charge is 0.253 e. The van der Waals surface area contributed by atoms with E-state index in [1.807, 2.05) is 0 Å². The van der Waals surface area contributed by atoms with Gasteiger partial charge in [-0.1, -0.05) is 6.07 Å². The summed E-state index contributed by atoms with van der Waals surface area (Å²) >= 11 is 0. The fourth-order valence-corrected chi connectivity index (χ4v) is 3.99. The summed E-state index contributed by atoms with van der Waals surface area (Å²) in [7, 11) is -2.10. The molecule has 0 unspecified atom stereocenters. The minimum Gasteiger partial charge on any atom is -0.380 e. The molecule has 1 amide bonds. The molecule has 2 heterocycles. The number of sulfonamides is 1. The van der Waals surface area contributed by atoms with Crippen LogP contribution in [0.4, 0.5) is 0 Å². The van der Waals surface area contributed by atoms with Crippen LogP contribution in [0.1, 0.15) is 28.9 Å². The summed E-state index contributed by atoms with van der Waals surface area (Å²) in [5.74, 6) is -0.183. The Balaban J connectivity index is 1.73. The highest BCUT2D eigenvalue weighted by Crippen LogP contribution is 2.18. The monoisotopic (exact) mass is 378 g/mol. The van der Waals surface area contributed by atoms with Crippen LogP contribution >= 0.6 is 0 Å². The first-order valence-electron chi connectivity index (χ1n) is 8.39. The van der Waals surface area contributed by atoms with E-state index >= 15 is 0 Å². The molecule has 1 aliphatic rings. The molecule has 8 nitrogen and oxygen atoms in total. The second kappa shape index (κ2) is 7.98. The van der Waals surface area contributed by atoms with Gasteiger partial charge in [0.1, 0.15) is 0 Å².